The Bertz CT molecular complexity index is 1520. The summed E-state index contributed by atoms with van der Waals surface area (Å²) in [4.78, 5) is 11.7. The van der Waals surface area contributed by atoms with E-state index in [9.17, 15) is 4.39 Å². The van der Waals surface area contributed by atoms with E-state index in [4.69, 9.17) is 25.9 Å². The fraction of sp³-hybridized carbons (Fsp3) is 0.367. The number of nitrogens with two attached hydrogens (primary N) is 2. The Morgan fingerprint density at radius 1 is 1.10 bits per heavy atom. The quantitative estimate of drug-likeness (QED) is 0.294. The summed E-state index contributed by atoms with van der Waals surface area (Å²) in [5.41, 5.74) is 16.5. The maximum atomic E-state index is 14.8. The molecule has 6 rings (SSSR count). The summed E-state index contributed by atoms with van der Waals surface area (Å²) in [6.45, 7) is 3.16. The van der Waals surface area contributed by atoms with Gasteiger partial charge >= 0.3 is 0 Å². The van der Waals surface area contributed by atoms with Crippen molar-refractivity contribution < 1.29 is 13.9 Å². The minimum absolute atomic E-state index is 0.100. The molecule has 2 aliphatic heterocycles. The zero-order valence-corrected chi connectivity index (χ0v) is 23.1. The van der Waals surface area contributed by atoms with Crippen LogP contribution in [0.4, 0.5) is 27.4 Å². The summed E-state index contributed by atoms with van der Waals surface area (Å²) < 4.78 is 27.8. The Kier molecular flexibility index (Phi) is 7.71. The van der Waals surface area contributed by atoms with E-state index in [2.05, 4.69) is 26.5 Å². The first-order valence-corrected chi connectivity index (χ1v) is 14.0. The van der Waals surface area contributed by atoms with Gasteiger partial charge < -0.3 is 31.2 Å². The van der Waals surface area contributed by atoms with Crippen molar-refractivity contribution in [3.05, 3.63) is 60.8 Å². The lowest BCUT2D eigenvalue weighted by atomic mass is 10.0. The van der Waals surface area contributed by atoms with Crippen molar-refractivity contribution in [3.63, 3.8) is 0 Å². The highest BCUT2D eigenvalue weighted by Crippen LogP contribution is 2.37. The molecule has 2 saturated heterocycles. The number of nitrogen functional groups attached to an aromatic ring is 1. The number of hydrogen-bond acceptors (Lipinski definition) is 9. The van der Waals surface area contributed by atoms with E-state index in [0.717, 1.165) is 68.8 Å². The van der Waals surface area contributed by atoms with Crippen LogP contribution in [-0.2, 0) is 4.74 Å². The number of hydrogen-bond donors (Lipinski definition) is 3. The molecular formula is C30H35FN8O2. The van der Waals surface area contributed by atoms with Gasteiger partial charge in [0, 0.05) is 67.6 Å². The molecule has 2 fully saturated rings. The SMILES string of the molecule is COc1cccc(F)c1-c1nc(Nc2cc(N3CCC[C@H](N)C3)c(-c3cnn(C4CCOCC4)c3)cn2)ccc1N. The lowest BCUT2D eigenvalue weighted by molar-refractivity contribution is 0.0662. The topological polar surface area (TPSA) is 129 Å². The van der Waals surface area contributed by atoms with Crippen molar-refractivity contribution >= 4 is 23.0 Å². The van der Waals surface area contributed by atoms with Gasteiger partial charge in [0.1, 0.15) is 28.9 Å². The molecule has 0 amide bonds. The molecule has 1 atom stereocenters. The Morgan fingerprint density at radius 3 is 2.76 bits per heavy atom. The molecule has 4 aromatic rings. The van der Waals surface area contributed by atoms with Crippen LogP contribution >= 0.6 is 0 Å². The van der Waals surface area contributed by atoms with E-state index in [1.165, 1.54) is 13.2 Å². The van der Waals surface area contributed by atoms with Gasteiger partial charge in [0.05, 0.1) is 30.6 Å². The highest BCUT2D eigenvalue weighted by molar-refractivity contribution is 5.82. The van der Waals surface area contributed by atoms with Crippen LogP contribution in [0, 0.1) is 5.82 Å². The molecule has 0 spiro atoms. The third kappa shape index (κ3) is 5.68. The summed E-state index contributed by atoms with van der Waals surface area (Å²) in [6.07, 6.45) is 9.78. The normalized spacial score (nSPS) is 17.9. The van der Waals surface area contributed by atoms with E-state index in [1.807, 2.05) is 23.1 Å². The standard InChI is InChI=1S/C30H35FN8O2/c1-40-26-6-2-5-23(31)29(26)30-24(33)7-8-27(37-30)36-28-14-25(38-11-3-4-20(32)18-38)22(16-34-28)19-15-35-39(17-19)21-9-12-41-13-10-21/h2,5-8,14-17,20-21H,3-4,9-13,18,32-33H2,1H3,(H,34,36,37)/t20-/m0/s1. The van der Waals surface area contributed by atoms with Crippen LogP contribution in [0.15, 0.2) is 55.0 Å². The van der Waals surface area contributed by atoms with Crippen LogP contribution < -0.4 is 26.4 Å². The largest absolute Gasteiger partial charge is 0.496 e. The number of nitrogens with zero attached hydrogens (tertiary/aromatic N) is 5. The van der Waals surface area contributed by atoms with Gasteiger partial charge in [0.2, 0.25) is 0 Å². The predicted octanol–water partition coefficient (Wildman–Crippen LogP) is 4.76. The van der Waals surface area contributed by atoms with Crippen LogP contribution in [-0.4, -0.2) is 59.2 Å². The van der Waals surface area contributed by atoms with Gasteiger partial charge in [-0.05, 0) is 49.9 Å². The first-order chi connectivity index (χ1) is 20.0. The number of halogens is 1. The van der Waals surface area contributed by atoms with E-state index in [0.29, 0.717) is 34.8 Å². The van der Waals surface area contributed by atoms with E-state index < -0.39 is 5.82 Å². The highest BCUT2D eigenvalue weighted by Gasteiger charge is 2.23. The fourth-order valence-electron chi connectivity index (χ4n) is 5.63. The summed E-state index contributed by atoms with van der Waals surface area (Å²) >= 11 is 0. The molecular weight excluding hydrogens is 523 g/mol. The number of aromatic nitrogens is 4. The van der Waals surface area contributed by atoms with Crippen molar-refractivity contribution in [2.75, 3.05) is 49.4 Å². The first-order valence-electron chi connectivity index (χ1n) is 14.0. The van der Waals surface area contributed by atoms with Crippen molar-refractivity contribution in [3.8, 4) is 28.1 Å². The van der Waals surface area contributed by atoms with Crippen LogP contribution in [0.3, 0.4) is 0 Å². The molecule has 3 aromatic heterocycles. The average molecular weight is 559 g/mol. The number of pyridine rings is 2. The van der Waals surface area contributed by atoms with Crippen LogP contribution in [0.25, 0.3) is 22.4 Å². The molecule has 2 aliphatic rings. The number of rotatable bonds is 7. The number of nitrogens with one attached hydrogen (secondary N) is 1. The van der Waals surface area contributed by atoms with E-state index >= 15 is 0 Å². The predicted molar refractivity (Wildman–Crippen MR) is 158 cm³/mol. The smallest absolute Gasteiger partial charge is 0.136 e. The second-order valence-corrected chi connectivity index (χ2v) is 10.6. The zero-order chi connectivity index (χ0) is 28.3. The lowest BCUT2D eigenvalue weighted by Crippen LogP contribution is -2.43. The molecule has 214 valence electrons. The number of benzene rings is 1. The molecule has 0 unspecified atom stereocenters. The second kappa shape index (κ2) is 11.7. The Morgan fingerprint density at radius 2 is 1.95 bits per heavy atom. The van der Waals surface area contributed by atoms with Crippen molar-refractivity contribution in [2.24, 2.45) is 5.73 Å². The molecule has 0 aliphatic carbocycles. The molecule has 5 heterocycles. The summed E-state index contributed by atoms with van der Waals surface area (Å²) in [7, 11) is 1.49. The molecule has 0 bridgehead atoms. The summed E-state index contributed by atoms with van der Waals surface area (Å²) in [6, 6.07) is 10.5. The minimum Gasteiger partial charge on any atom is -0.496 e. The number of methoxy groups -OCH3 is 1. The molecule has 0 radical (unpaired) electrons. The highest BCUT2D eigenvalue weighted by atomic mass is 19.1. The maximum Gasteiger partial charge on any atom is 0.136 e. The second-order valence-electron chi connectivity index (χ2n) is 10.6. The van der Waals surface area contributed by atoms with Gasteiger partial charge in [-0.1, -0.05) is 6.07 Å². The Hall–Kier alpha value is -4.22. The number of anilines is 4. The van der Waals surface area contributed by atoms with Crippen LogP contribution in [0.2, 0.25) is 0 Å². The molecule has 0 saturated carbocycles. The Balaban J connectivity index is 1.34. The summed E-state index contributed by atoms with van der Waals surface area (Å²) in [5.74, 6) is 0.971. The van der Waals surface area contributed by atoms with Gasteiger partial charge in [-0.15, -0.1) is 0 Å². The van der Waals surface area contributed by atoms with Crippen molar-refractivity contribution in [2.45, 2.75) is 37.8 Å². The van der Waals surface area contributed by atoms with Gasteiger partial charge in [-0.2, -0.15) is 5.10 Å². The van der Waals surface area contributed by atoms with E-state index in [1.54, 1.807) is 24.3 Å². The van der Waals surface area contributed by atoms with Gasteiger partial charge in [0.15, 0.2) is 0 Å². The molecule has 41 heavy (non-hydrogen) atoms. The monoisotopic (exact) mass is 558 g/mol. The van der Waals surface area contributed by atoms with Crippen LogP contribution in [0.1, 0.15) is 31.7 Å². The molecule has 11 heteroatoms. The summed E-state index contributed by atoms with van der Waals surface area (Å²) in [5, 5.41) is 7.98. The lowest BCUT2D eigenvalue weighted by Gasteiger charge is -2.34. The zero-order valence-electron chi connectivity index (χ0n) is 23.1. The maximum absolute atomic E-state index is 14.8. The fourth-order valence-corrected chi connectivity index (χ4v) is 5.63. The number of ether oxygens (including phenoxy) is 2. The molecule has 5 N–H and O–H groups in total. The molecule has 10 nitrogen and oxygen atoms in total. The Labute approximate surface area is 238 Å². The van der Waals surface area contributed by atoms with Crippen molar-refractivity contribution in [1.29, 1.82) is 0 Å². The van der Waals surface area contributed by atoms with Crippen molar-refractivity contribution in [1.82, 2.24) is 19.7 Å². The minimum atomic E-state index is -0.465. The van der Waals surface area contributed by atoms with Crippen LogP contribution in [0.5, 0.6) is 5.75 Å². The average Bonchev–Trinajstić information content (AvgIpc) is 3.49. The third-order valence-corrected chi connectivity index (χ3v) is 7.77. The van der Waals surface area contributed by atoms with Gasteiger partial charge in [-0.3, -0.25) is 4.68 Å². The third-order valence-electron chi connectivity index (χ3n) is 7.77. The van der Waals surface area contributed by atoms with E-state index in [-0.39, 0.29) is 11.6 Å². The first kappa shape index (κ1) is 27.0. The number of piperidine rings is 1. The van der Waals surface area contributed by atoms with Gasteiger partial charge in [-0.25, -0.2) is 14.4 Å². The van der Waals surface area contributed by atoms with Gasteiger partial charge in [0.25, 0.3) is 0 Å². The molecule has 1 aromatic carbocycles.